The van der Waals surface area contributed by atoms with E-state index >= 15 is 0 Å². The van der Waals surface area contributed by atoms with Gasteiger partial charge in [0.1, 0.15) is 6.61 Å². The fourth-order valence-corrected chi connectivity index (χ4v) is 2.22. The summed E-state index contributed by atoms with van der Waals surface area (Å²) in [6, 6.07) is 2.03. The molecule has 0 spiro atoms. The zero-order valence-electron chi connectivity index (χ0n) is 9.82. The third-order valence-corrected chi connectivity index (χ3v) is 3.12. The van der Waals surface area contributed by atoms with Gasteiger partial charge in [-0.3, -0.25) is 0 Å². The van der Waals surface area contributed by atoms with Crippen molar-refractivity contribution in [3.8, 4) is 5.75 Å². The summed E-state index contributed by atoms with van der Waals surface area (Å²) in [7, 11) is 0. The summed E-state index contributed by atoms with van der Waals surface area (Å²) in [6.07, 6.45) is 1.86. The molecule has 1 aromatic rings. The first-order valence-corrected chi connectivity index (χ1v) is 6.09. The average molecular weight is 235 g/mol. The van der Waals surface area contributed by atoms with Crippen LogP contribution in [-0.4, -0.2) is 44.4 Å². The lowest BCUT2D eigenvalue weighted by Gasteiger charge is -2.29. The van der Waals surface area contributed by atoms with Crippen molar-refractivity contribution in [1.82, 2.24) is 10.3 Å². The average Bonchev–Trinajstić information content (AvgIpc) is 2.64. The number of nitrogens with zero attached hydrogens (tertiary/aromatic N) is 2. The van der Waals surface area contributed by atoms with Crippen LogP contribution < -0.4 is 15.0 Å². The van der Waals surface area contributed by atoms with Gasteiger partial charge in [0.15, 0.2) is 11.6 Å². The molecule has 92 valence electrons. The van der Waals surface area contributed by atoms with Crippen LogP contribution in [0.4, 0.5) is 5.82 Å². The largest absolute Gasteiger partial charge is 0.488 e. The number of ether oxygens (including phenoxy) is 2. The van der Waals surface area contributed by atoms with Crippen LogP contribution in [0.5, 0.6) is 5.75 Å². The van der Waals surface area contributed by atoms with Crippen LogP contribution in [0.1, 0.15) is 5.56 Å². The summed E-state index contributed by atoms with van der Waals surface area (Å²) < 4.78 is 11.2. The van der Waals surface area contributed by atoms with Gasteiger partial charge in [0.25, 0.3) is 0 Å². The molecular formula is C12H17N3O2. The highest BCUT2D eigenvalue weighted by atomic mass is 16.5. The summed E-state index contributed by atoms with van der Waals surface area (Å²) in [5.74, 6) is 1.91. The van der Waals surface area contributed by atoms with E-state index in [4.69, 9.17) is 9.47 Å². The molecule has 1 aromatic heterocycles. The van der Waals surface area contributed by atoms with Crippen molar-refractivity contribution in [2.24, 2.45) is 0 Å². The van der Waals surface area contributed by atoms with Crippen LogP contribution in [0, 0.1) is 0 Å². The van der Waals surface area contributed by atoms with E-state index in [1.165, 1.54) is 5.56 Å². The summed E-state index contributed by atoms with van der Waals surface area (Å²) in [5, 5.41) is 3.34. The van der Waals surface area contributed by atoms with Gasteiger partial charge in [0.05, 0.1) is 13.2 Å². The molecule has 0 aliphatic carbocycles. The summed E-state index contributed by atoms with van der Waals surface area (Å²) in [5.41, 5.74) is 1.19. The molecule has 0 amide bonds. The van der Waals surface area contributed by atoms with Crippen LogP contribution in [0.15, 0.2) is 12.3 Å². The molecule has 0 radical (unpaired) electrons. The monoisotopic (exact) mass is 235 g/mol. The molecule has 3 heterocycles. The lowest BCUT2D eigenvalue weighted by molar-refractivity contribution is 0.122. The van der Waals surface area contributed by atoms with E-state index in [9.17, 15) is 0 Å². The van der Waals surface area contributed by atoms with Gasteiger partial charge >= 0.3 is 0 Å². The van der Waals surface area contributed by atoms with Crippen LogP contribution in [0.2, 0.25) is 0 Å². The quantitative estimate of drug-likeness (QED) is 0.763. The topological polar surface area (TPSA) is 46.6 Å². The molecule has 17 heavy (non-hydrogen) atoms. The van der Waals surface area contributed by atoms with E-state index in [-0.39, 0.29) is 0 Å². The fraction of sp³-hybridized carbons (Fsp3) is 0.583. The standard InChI is InChI=1S/C12H17N3O2/c1-2-14-12(15-4-7-16-8-5-15)11-10(1)9-13-3-6-17-11/h1-2,13H,3-9H2. The molecule has 2 aliphatic rings. The molecule has 0 unspecified atom stereocenters. The number of nitrogens with one attached hydrogen (secondary N) is 1. The van der Waals surface area contributed by atoms with Gasteiger partial charge in [-0.15, -0.1) is 0 Å². The van der Waals surface area contributed by atoms with Gasteiger partial charge in [-0.25, -0.2) is 4.98 Å². The smallest absolute Gasteiger partial charge is 0.171 e. The Bertz CT molecular complexity index is 391. The second-order valence-electron chi connectivity index (χ2n) is 4.25. The first-order chi connectivity index (χ1) is 8.45. The molecule has 0 aromatic carbocycles. The molecule has 1 fully saturated rings. The molecule has 0 bridgehead atoms. The van der Waals surface area contributed by atoms with Crippen molar-refractivity contribution in [2.45, 2.75) is 6.54 Å². The van der Waals surface area contributed by atoms with Crippen molar-refractivity contribution in [2.75, 3.05) is 44.4 Å². The maximum absolute atomic E-state index is 5.83. The number of hydrogen-bond donors (Lipinski definition) is 1. The van der Waals surface area contributed by atoms with E-state index in [0.29, 0.717) is 6.61 Å². The van der Waals surface area contributed by atoms with E-state index in [2.05, 4.69) is 15.2 Å². The first kappa shape index (κ1) is 10.8. The van der Waals surface area contributed by atoms with Crippen LogP contribution in [0.25, 0.3) is 0 Å². The third-order valence-electron chi connectivity index (χ3n) is 3.12. The van der Waals surface area contributed by atoms with Crippen LogP contribution in [-0.2, 0) is 11.3 Å². The van der Waals surface area contributed by atoms with E-state index in [1.54, 1.807) is 0 Å². The first-order valence-electron chi connectivity index (χ1n) is 6.09. The molecule has 5 nitrogen and oxygen atoms in total. The Morgan fingerprint density at radius 1 is 1.24 bits per heavy atom. The Morgan fingerprint density at radius 3 is 3.00 bits per heavy atom. The number of hydrogen-bond acceptors (Lipinski definition) is 5. The minimum absolute atomic E-state index is 0.704. The van der Waals surface area contributed by atoms with Crippen molar-refractivity contribution >= 4 is 5.82 Å². The molecule has 3 rings (SSSR count). The van der Waals surface area contributed by atoms with Crippen LogP contribution in [0.3, 0.4) is 0 Å². The SMILES string of the molecule is c1cc2c(c(N3CCOCC3)n1)OCCNC2. The minimum atomic E-state index is 0.704. The van der Waals surface area contributed by atoms with Gasteiger partial charge < -0.3 is 19.7 Å². The van der Waals surface area contributed by atoms with Crippen molar-refractivity contribution < 1.29 is 9.47 Å². The second-order valence-corrected chi connectivity index (χ2v) is 4.25. The highest BCUT2D eigenvalue weighted by molar-refractivity contribution is 5.56. The number of anilines is 1. The fourth-order valence-electron chi connectivity index (χ4n) is 2.22. The molecule has 5 heteroatoms. The number of aromatic nitrogens is 1. The van der Waals surface area contributed by atoms with E-state index in [0.717, 1.165) is 51.0 Å². The maximum atomic E-state index is 5.83. The Kier molecular flexibility index (Phi) is 3.11. The van der Waals surface area contributed by atoms with Gasteiger partial charge in [0, 0.05) is 37.9 Å². The maximum Gasteiger partial charge on any atom is 0.171 e. The molecule has 2 aliphatic heterocycles. The number of pyridine rings is 1. The van der Waals surface area contributed by atoms with Crippen LogP contribution >= 0.6 is 0 Å². The van der Waals surface area contributed by atoms with Gasteiger partial charge in [-0.05, 0) is 6.07 Å². The second kappa shape index (κ2) is 4.89. The Hall–Kier alpha value is -1.33. The van der Waals surface area contributed by atoms with Gasteiger partial charge in [-0.1, -0.05) is 0 Å². The van der Waals surface area contributed by atoms with E-state index in [1.807, 2.05) is 12.3 Å². The number of rotatable bonds is 1. The van der Waals surface area contributed by atoms with E-state index < -0.39 is 0 Å². The molecule has 0 saturated carbocycles. The third kappa shape index (κ3) is 2.21. The zero-order chi connectivity index (χ0) is 11.5. The van der Waals surface area contributed by atoms with Crippen molar-refractivity contribution in [1.29, 1.82) is 0 Å². The molecule has 0 atom stereocenters. The lowest BCUT2D eigenvalue weighted by Crippen LogP contribution is -2.37. The summed E-state index contributed by atoms with van der Waals surface area (Å²) >= 11 is 0. The predicted octanol–water partition coefficient (Wildman–Crippen LogP) is 0.400. The Balaban J connectivity index is 1.92. The highest BCUT2D eigenvalue weighted by Crippen LogP contribution is 2.31. The molecule has 1 saturated heterocycles. The Labute approximate surface area is 101 Å². The van der Waals surface area contributed by atoms with Crippen molar-refractivity contribution in [3.05, 3.63) is 17.8 Å². The van der Waals surface area contributed by atoms with Gasteiger partial charge in [-0.2, -0.15) is 0 Å². The minimum Gasteiger partial charge on any atom is -0.488 e. The lowest BCUT2D eigenvalue weighted by atomic mass is 10.2. The molecular weight excluding hydrogens is 218 g/mol. The molecule has 1 N–H and O–H groups in total. The highest BCUT2D eigenvalue weighted by Gasteiger charge is 2.20. The normalized spacial score (nSPS) is 20.4. The summed E-state index contributed by atoms with van der Waals surface area (Å²) in [6.45, 7) is 5.76. The van der Waals surface area contributed by atoms with Gasteiger partial charge in [0.2, 0.25) is 0 Å². The Morgan fingerprint density at radius 2 is 2.12 bits per heavy atom. The summed E-state index contributed by atoms with van der Waals surface area (Å²) in [4.78, 5) is 6.72. The predicted molar refractivity (Wildman–Crippen MR) is 64.5 cm³/mol. The number of fused-ring (bicyclic) bond motifs is 1. The number of morpholine rings is 1. The zero-order valence-corrected chi connectivity index (χ0v) is 9.82. The van der Waals surface area contributed by atoms with Crippen molar-refractivity contribution in [3.63, 3.8) is 0 Å².